The summed E-state index contributed by atoms with van der Waals surface area (Å²) >= 11 is 10.4. The van der Waals surface area contributed by atoms with E-state index in [1.807, 2.05) is 0 Å². The SMILES string of the molecule is C[N+](C)=C(Cl)Cl.O=S(=O)([O-])Cl. The van der Waals surface area contributed by atoms with Crippen molar-refractivity contribution in [1.82, 2.24) is 0 Å². The maximum absolute atomic E-state index is 8.84. The molecule has 0 aliphatic heterocycles. The maximum Gasteiger partial charge on any atom is 0.340 e. The molecule has 0 amide bonds. The monoisotopic (exact) mass is 241 g/mol. The average molecular weight is 243 g/mol. The van der Waals surface area contributed by atoms with Gasteiger partial charge in [0.15, 0.2) is 9.33 Å². The molecule has 0 aliphatic rings. The van der Waals surface area contributed by atoms with E-state index in [1.165, 1.54) is 0 Å². The summed E-state index contributed by atoms with van der Waals surface area (Å²) in [6.07, 6.45) is 0. The van der Waals surface area contributed by atoms with Crippen molar-refractivity contribution in [3.8, 4) is 0 Å². The summed E-state index contributed by atoms with van der Waals surface area (Å²) in [5.74, 6) is 0. The Hall–Kier alpha value is 0.450. The molecule has 0 spiro atoms. The first-order valence-electron chi connectivity index (χ1n) is 2.15. The molecule has 0 N–H and O–H groups in total. The van der Waals surface area contributed by atoms with Crippen LogP contribution in [0.3, 0.4) is 0 Å². The summed E-state index contributed by atoms with van der Waals surface area (Å²) in [5, 5.41) is 0. The maximum atomic E-state index is 8.84. The lowest BCUT2D eigenvalue weighted by atomic mass is 11.1. The molecule has 0 aromatic carbocycles. The lowest BCUT2D eigenvalue weighted by Crippen LogP contribution is -1.98. The number of hydrogen-bond acceptors (Lipinski definition) is 3. The molecule has 0 unspecified atom stereocenters. The summed E-state index contributed by atoms with van der Waals surface area (Å²) in [4.78, 5) is 0. The van der Waals surface area contributed by atoms with Gasteiger partial charge in [-0.15, -0.1) is 0 Å². The van der Waals surface area contributed by atoms with E-state index in [-0.39, 0.29) is 4.63 Å². The molecule has 0 heterocycles. The molecule has 0 aromatic heterocycles. The minimum absolute atomic E-state index is 0.287. The van der Waals surface area contributed by atoms with Crippen LogP contribution in [0.4, 0.5) is 0 Å². The molecule has 0 saturated carbocycles. The molecule has 8 heteroatoms. The lowest BCUT2D eigenvalue weighted by Gasteiger charge is -1.86. The molecule has 0 saturated heterocycles. The standard InChI is InChI=1S/C3H6Cl2N.ClHO3S/c1-6(2)3(4)5;1-5(2,3)4/h1-2H3;(H,2,3,4)/q+1;/p-1. The largest absolute Gasteiger partial charge is 0.735 e. The van der Waals surface area contributed by atoms with Gasteiger partial charge >= 0.3 is 4.63 Å². The van der Waals surface area contributed by atoms with Crippen LogP contribution in [0.25, 0.3) is 0 Å². The summed E-state index contributed by atoms with van der Waals surface area (Å²) in [7, 11) is 3.05. The molecule has 0 atom stereocenters. The summed E-state index contributed by atoms with van der Waals surface area (Å²) < 4.78 is 28.4. The first-order chi connectivity index (χ1) is 4.64. The van der Waals surface area contributed by atoms with E-state index in [0.29, 0.717) is 0 Å². The molecule has 11 heavy (non-hydrogen) atoms. The van der Waals surface area contributed by atoms with Crippen molar-refractivity contribution in [1.29, 1.82) is 0 Å². The molecule has 0 aliphatic carbocycles. The molecular weight excluding hydrogens is 236 g/mol. The molecule has 4 nitrogen and oxygen atoms in total. The van der Waals surface area contributed by atoms with Gasteiger partial charge in [0.05, 0.1) is 0 Å². The topological polar surface area (TPSA) is 60.2 Å². The van der Waals surface area contributed by atoms with E-state index < -0.39 is 9.33 Å². The number of rotatable bonds is 0. The van der Waals surface area contributed by atoms with Crippen LogP contribution >= 0.6 is 33.9 Å². The highest BCUT2D eigenvalue weighted by molar-refractivity contribution is 8.09. The highest BCUT2D eigenvalue weighted by Gasteiger charge is 1.90. The predicted octanol–water partition coefficient (Wildman–Crippen LogP) is 0.777. The van der Waals surface area contributed by atoms with Gasteiger partial charge in [-0.25, -0.2) is 13.0 Å². The fraction of sp³-hybridized carbons (Fsp3) is 0.667. The number of halogens is 3. The van der Waals surface area contributed by atoms with E-state index in [1.54, 1.807) is 18.7 Å². The molecule has 0 rings (SSSR count). The fourth-order valence-corrected chi connectivity index (χ4v) is 0. The first kappa shape index (κ1) is 14.0. The number of nitrogens with zero attached hydrogens (tertiary/aromatic N) is 1. The molecule has 0 bridgehead atoms. The van der Waals surface area contributed by atoms with Gasteiger partial charge in [0.2, 0.25) is 0 Å². The van der Waals surface area contributed by atoms with Crippen LogP contribution in [0.2, 0.25) is 0 Å². The van der Waals surface area contributed by atoms with Crippen molar-refractivity contribution < 1.29 is 17.5 Å². The van der Waals surface area contributed by atoms with Gasteiger partial charge in [0, 0.05) is 33.9 Å². The Balaban J connectivity index is 0. The van der Waals surface area contributed by atoms with E-state index in [9.17, 15) is 0 Å². The zero-order chi connectivity index (χ0) is 9.65. The lowest BCUT2D eigenvalue weighted by molar-refractivity contribution is -0.459. The Morgan fingerprint density at radius 2 is 1.45 bits per heavy atom. The Morgan fingerprint density at radius 1 is 1.36 bits per heavy atom. The highest BCUT2D eigenvalue weighted by atomic mass is 35.7. The highest BCUT2D eigenvalue weighted by Crippen LogP contribution is 1.85. The van der Waals surface area contributed by atoms with Crippen LogP contribution < -0.4 is 0 Å². The summed E-state index contributed by atoms with van der Waals surface area (Å²) in [5.41, 5.74) is 0. The van der Waals surface area contributed by atoms with Gasteiger partial charge in [0.1, 0.15) is 14.1 Å². The second-order valence-electron chi connectivity index (χ2n) is 1.53. The fourth-order valence-electron chi connectivity index (χ4n) is 0. The molecule has 68 valence electrons. The minimum atomic E-state index is -4.44. The first-order valence-corrected chi connectivity index (χ1v) is 5.14. The van der Waals surface area contributed by atoms with Crippen LogP contribution in [-0.2, 0) is 9.33 Å². The van der Waals surface area contributed by atoms with Gasteiger partial charge in [-0.2, -0.15) is 0 Å². The Kier molecular flexibility index (Phi) is 7.66. The van der Waals surface area contributed by atoms with Crippen molar-refractivity contribution in [3.63, 3.8) is 0 Å². The summed E-state index contributed by atoms with van der Waals surface area (Å²) in [6.45, 7) is 0. The normalized spacial score (nSPS) is 9.64. The minimum Gasteiger partial charge on any atom is -0.735 e. The van der Waals surface area contributed by atoms with Crippen molar-refractivity contribution in [3.05, 3.63) is 0 Å². The third kappa shape index (κ3) is 37.7. The van der Waals surface area contributed by atoms with Crippen molar-refractivity contribution in [2.24, 2.45) is 0 Å². The Labute approximate surface area is 79.6 Å². The Bertz CT molecular complexity index is 208. The molecule has 0 aromatic rings. The van der Waals surface area contributed by atoms with Crippen LogP contribution in [0.15, 0.2) is 0 Å². The molecular formula is C3H6Cl3NO3S. The van der Waals surface area contributed by atoms with Crippen LogP contribution in [0, 0.1) is 0 Å². The Morgan fingerprint density at radius 3 is 1.45 bits per heavy atom. The smallest absolute Gasteiger partial charge is 0.340 e. The van der Waals surface area contributed by atoms with Crippen LogP contribution in [0.1, 0.15) is 0 Å². The van der Waals surface area contributed by atoms with Crippen molar-refractivity contribution >= 4 is 47.8 Å². The number of hydrogen-bond donors (Lipinski definition) is 0. The van der Waals surface area contributed by atoms with Gasteiger partial charge in [-0.3, -0.25) is 0 Å². The summed E-state index contributed by atoms with van der Waals surface area (Å²) in [6, 6.07) is 0. The zero-order valence-corrected chi connectivity index (χ0v) is 8.80. The van der Waals surface area contributed by atoms with Crippen molar-refractivity contribution in [2.75, 3.05) is 14.1 Å². The van der Waals surface area contributed by atoms with Gasteiger partial charge in [-0.05, 0) is 0 Å². The van der Waals surface area contributed by atoms with E-state index in [0.717, 1.165) is 0 Å². The predicted molar refractivity (Wildman–Crippen MR) is 44.4 cm³/mol. The second kappa shape index (κ2) is 6.02. The molecule has 0 radical (unpaired) electrons. The van der Waals surface area contributed by atoms with E-state index >= 15 is 0 Å². The quantitative estimate of drug-likeness (QED) is 0.273. The van der Waals surface area contributed by atoms with E-state index in [2.05, 4.69) is 10.7 Å². The third-order valence-corrected chi connectivity index (χ3v) is 1.01. The average Bonchev–Trinajstić information content (AvgIpc) is 1.59. The van der Waals surface area contributed by atoms with Gasteiger partial charge in [-0.1, -0.05) is 0 Å². The van der Waals surface area contributed by atoms with Crippen LogP contribution in [0.5, 0.6) is 0 Å². The van der Waals surface area contributed by atoms with Gasteiger partial charge < -0.3 is 4.55 Å². The van der Waals surface area contributed by atoms with E-state index in [4.69, 9.17) is 36.2 Å². The van der Waals surface area contributed by atoms with Crippen LogP contribution in [-0.4, -0.2) is 36.3 Å². The second-order valence-corrected chi connectivity index (χ2v) is 4.36. The zero-order valence-electron chi connectivity index (χ0n) is 5.71. The van der Waals surface area contributed by atoms with Crippen molar-refractivity contribution in [2.45, 2.75) is 0 Å². The third-order valence-electron chi connectivity index (χ3n) is 0.338. The van der Waals surface area contributed by atoms with Gasteiger partial charge in [0.25, 0.3) is 0 Å². The molecule has 0 fully saturated rings.